The van der Waals surface area contributed by atoms with Gasteiger partial charge in [-0.3, -0.25) is 14.8 Å². The first-order valence-electron chi connectivity index (χ1n) is 9.30. The first-order chi connectivity index (χ1) is 14.7. The quantitative estimate of drug-likeness (QED) is 0.395. The number of carbonyl (C=O) groups excluding carboxylic acids is 1. The molecule has 0 aliphatic rings. The number of aryl methyl sites for hydroxylation is 1. The molecule has 1 amide bonds. The standard InChI is InChI=1S/C22H18ClN3O3S2/c1-13-11-16(26-31(28,29)19-10-6-9-17(23)14(19)2)12-18-20(13)24-22(30-18)25-21(27)15-7-4-3-5-8-15/h3-12,26H,1-2H3,(H,24,25,27). The SMILES string of the molecule is Cc1c(Cl)cccc1S(=O)(=O)Nc1cc(C)c2nc(NC(=O)c3ccccc3)sc2c1. The van der Waals surface area contributed by atoms with E-state index in [2.05, 4.69) is 15.0 Å². The molecule has 0 fully saturated rings. The van der Waals surface area contributed by atoms with E-state index in [1.54, 1.807) is 55.5 Å². The van der Waals surface area contributed by atoms with E-state index in [4.69, 9.17) is 11.6 Å². The fourth-order valence-electron chi connectivity index (χ4n) is 3.16. The van der Waals surface area contributed by atoms with Crippen LogP contribution in [-0.2, 0) is 10.0 Å². The molecule has 0 saturated carbocycles. The Hall–Kier alpha value is -2.94. The van der Waals surface area contributed by atoms with Crippen LogP contribution in [0.5, 0.6) is 0 Å². The van der Waals surface area contributed by atoms with Gasteiger partial charge >= 0.3 is 0 Å². The van der Waals surface area contributed by atoms with E-state index in [1.165, 1.54) is 17.4 Å². The van der Waals surface area contributed by atoms with Crippen molar-refractivity contribution < 1.29 is 13.2 Å². The molecular weight excluding hydrogens is 454 g/mol. The van der Waals surface area contributed by atoms with Crippen LogP contribution in [0, 0.1) is 13.8 Å². The van der Waals surface area contributed by atoms with Crippen molar-refractivity contribution in [2.45, 2.75) is 18.7 Å². The Balaban J connectivity index is 1.63. The molecule has 6 nitrogen and oxygen atoms in total. The molecule has 2 N–H and O–H groups in total. The van der Waals surface area contributed by atoms with Crippen LogP contribution in [-0.4, -0.2) is 19.3 Å². The second-order valence-electron chi connectivity index (χ2n) is 6.95. The van der Waals surface area contributed by atoms with Crippen LogP contribution in [0.25, 0.3) is 10.2 Å². The molecule has 3 aromatic carbocycles. The Kier molecular flexibility index (Phi) is 5.70. The van der Waals surface area contributed by atoms with Gasteiger partial charge < -0.3 is 0 Å². The van der Waals surface area contributed by atoms with Gasteiger partial charge in [0.15, 0.2) is 5.13 Å². The molecule has 0 aliphatic carbocycles. The summed E-state index contributed by atoms with van der Waals surface area (Å²) in [6, 6.07) is 17.0. The zero-order valence-corrected chi connectivity index (χ0v) is 19.0. The van der Waals surface area contributed by atoms with Gasteiger partial charge in [0, 0.05) is 10.6 Å². The van der Waals surface area contributed by atoms with Crippen molar-refractivity contribution in [2.24, 2.45) is 0 Å². The molecular formula is C22H18ClN3O3S2. The molecule has 0 radical (unpaired) electrons. The van der Waals surface area contributed by atoms with Crippen molar-refractivity contribution in [1.82, 2.24) is 4.98 Å². The number of hydrogen-bond acceptors (Lipinski definition) is 5. The summed E-state index contributed by atoms with van der Waals surface area (Å²) in [5.74, 6) is -0.255. The molecule has 9 heteroatoms. The van der Waals surface area contributed by atoms with Crippen molar-refractivity contribution in [2.75, 3.05) is 10.0 Å². The Morgan fingerprint density at radius 2 is 1.77 bits per heavy atom. The third-order valence-electron chi connectivity index (χ3n) is 4.70. The van der Waals surface area contributed by atoms with Crippen LogP contribution in [0.2, 0.25) is 5.02 Å². The van der Waals surface area contributed by atoms with E-state index in [0.717, 1.165) is 10.3 Å². The lowest BCUT2D eigenvalue weighted by Gasteiger charge is -2.12. The number of anilines is 2. The van der Waals surface area contributed by atoms with Gasteiger partial charge in [0.25, 0.3) is 15.9 Å². The molecule has 158 valence electrons. The number of sulfonamides is 1. The van der Waals surface area contributed by atoms with Crippen LogP contribution in [0.4, 0.5) is 10.8 Å². The summed E-state index contributed by atoms with van der Waals surface area (Å²) >= 11 is 7.36. The number of aromatic nitrogens is 1. The topological polar surface area (TPSA) is 88.2 Å². The summed E-state index contributed by atoms with van der Waals surface area (Å²) in [6.45, 7) is 3.50. The van der Waals surface area contributed by atoms with Gasteiger partial charge in [-0.25, -0.2) is 13.4 Å². The maximum absolute atomic E-state index is 12.9. The molecule has 0 unspecified atom stereocenters. The largest absolute Gasteiger partial charge is 0.298 e. The van der Waals surface area contributed by atoms with Crippen LogP contribution in [0.3, 0.4) is 0 Å². The smallest absolute Gasteiger partial charge is 0.262 e. The Labute approximate surface area is 189 Å². The maximum Gasteiger partial charge on any atom is 0.262 e. The van der Waals surface area contributed by atoms with Gasteiger partial charge in [-0.15, -0.1) is 0 Å². The van der Waals surface area contributed by atoms with E-state index >= 15 is 0 Å². The molecule has 1 heterocycles. The second kappa shape index (κ2) is 8.30. The number of thiazole rings is 1. The van der Waals surface area contributed by atoms with Crippen molar-refractivity contribution in [3.63, 3.8) is 0 Å². The average Bonchev–Trinajstić information content (AvgIpc) is 3.13. The summed E-state index contributed by atoms with van der Waals surface area (Å²) < 4.78 is 29.2. The number of fused-ring (bicyclic) bond motifs is 1. The first kappa shape index (κ1) is 21.3. The minimum absolute atomic E-state index is 0.123. The number of amides is 1. The Bertz CT molecular complexity index is 1400. The van der Waals surface area contributed by atoms with Crippen molar-refractivity contribution in [3.05, 3.63) is 82.4 Å². The minimum atomic E-state index is -3.82. The highest BCUT2D eigenvalue weighted by Gasteiger charge is 2.19. The zero-order valence-electron chi connectivity index (χ0n) is 16.6. The Morgan fingerprint density at radius 1 is 1.03 bits per heavy atom. The van der Waals surface area contributed by atoms with Crippen molar-refractivity contribution in [3.8, 4) is 0 Å². The summed E-state index contributed by atoms with van der Waals surface area (Å²) in [7, 11) is -3.82. The number of nitrogens with zero attached hydrogens (tertiary/aromatic N) is 1. The third kappa shape index (κ3) is 4.41. The zero-order chi connectivity index (χ0) is 22.2. The van der Waals surface area contributed by atoms with Crippen molar-refractivity contribution in [1.29, 1.82) is 0 Å². The lowest BCUT2D eigenvalue weighted by atomic mass is 10.2. The maximum atomic E-state index is 12.9. The molecule has 4 aromatic rings. The lowest BCUT2D eigenvalue weighted by Crippen LogP contribution is -2.14. The Morgan fingerprint density at radius 3 is 2.52 bits per heavy atom. The van der Waals surface area contributed by atoms with E-state index < -0.39 is 10.0 Å². The van der Waals surface area contributed by atoms with Crippen molar-refractivity contribution >= 4 is 59.9 Å². The van der Waals surface area contributed by atoms with E-state index in [9.17, 15) is 13.2 Å². The molecule has 0 aliphatic heterocycles. The van der Waals surface area contributed by atoms with Gasteiger partial charge in [-0.1, -0.05) is 47.2 Å². The van der Waals surface area contributed by atoms with Gasteiger partial charge in [0.1, 0.15) is 0 Å². The molecule has 0 saturated heterocycles. The summed E-state index contributed by atoms with van der Waals surface area (Å²) in [5.41, 5.74) is 2.92. The fraction of sp³-hybridized carbons (Fsp3) is 0.0909. The lowest BCUT2D eigenvalue weighted by molar-refractivity contribution is 0.102. The highest BCUT2D eigenvalue weighted by Crippen LogP contribution is 2.33. The highest BCUT2D eigenvalue weighted by molar-refractivity contribution is 7.92. The fourth-order valence-corrected chi connectivity index (χ4v) is 5.67. The van der Waals surface area contributed by atoms with Gasteiger partial charge in [-0.2, -0.15) is 0 Å². The van der Waals surface area contributed by atoms with E-state index in [-0.39, 0.29) is 10.8 Å². The number of carbonyl (C=O) groups is 1. The molecule has 0 bridgehead atoms. The first-order valence-corrected chi connectivity index (χ1v) is 12.0. The van der Waals surface area contributed by atoms with Crippen LogP contribution in [0.1, 0.15) is 21.5 Å². The molecule has 31 heavy (non-hydrogen) atoms. The summed E-state index contributed by atoms with van der Waals surface area (Å²) in [5, 5.41) is 3.62. The summed E-state index contributed by atoms with van der Waals surface area (Å²) in [4.78, 5) is 17.0. The van der Waals surface area contributed by atoms with E-state index in [0.29, 0.717) is 32.5 Å². The molecule has 0 atom stereocenters. The predicted octanol–water partition coefficient (Wildman–Crippen LogP) is 5.62. The minimum Gasteiger partial charge on any atom is -0.298 e. The second-order valence-corrected chi connectivity index (χ2v) is 10.0. The monoisotopic (exact) mass is 471 g/mol. The number of hydrogen-bond donors (Lipinski definition) is 2. The van der Waals surface area contributed by atoms with E-state index in [1.807, 2.05) is 13.0 Å². The normalized spacial score (nSPS) is 11.5. The van der Waals surface area contributed by atoms with Crippen LogP contribution < -0.4 is 10.0 Å². The van der Waals surface area contributed by atoms with Gasteiger partial charge in [0.05, 0.1) is 20.8 Å². The van der Waals surface area contributed by atoms with Crippen LogP contribution >= 0.6 is 22.9 Å². The van der Waals surface area contributed by atoms with Gasteiger partial charge in [-0.05, 0) is 61.4 Å². The number of nitrogens with one attached hydrogen (secondary N) is 2. The average molecular weight is 472 g/mol. The predicted molar refractivity (Wildman–Crippen MR) is 126 cm³/mol. The highest BCUT2D eigenvalue weighted by atomic mass is 35.5. The third-order valence-corrected chi connectivity index (χ3v) is 7.55. The molecule has 1 aromatic heterocycles. The van der Waals surface area contributed by atoms with Crippen LogP contribution in [0.15, 0.2) is 65.6 Å². The molecule has 0 spiro atoms. The van der Waals surface area contributed by atoms with Gasteiger partial charge in [0.2, 0.25) is 0 Å². The summed E-state index contributed by atoms with van der Waals surface area (Å²) in [6.07, 6.45) is 0. The number of benzene rings is 3. The molecule has 4 rings (SSSR count). The number of rotatable bonds is 5. The number of halogens is 1.